The van der Waals surface area contributed by atoms with Crippen LogP contribution in [-0.4, -0.2) is 28.6 Å². The molecule has 3 aromatic carbocycles. The monoisotopic (exact) mass is 419 g/mol. The van der Waals surface area contributed by atoms with Gasteiger partial charge in [0.1, 0.15) is 24.2 Å². The van der Waals surface area contributed by atoms with Crippen LogP contribution in [0.5, 0.6) is 5.75 Å². The number of benzene rings is 3. The van der Waals surface area contributed by atoms with Gasteiger partial charge in [0.25, 0.3) is 0 Å². The largest absolute Gasteiger partial charge is 0.489 e. The molecular formula is C26H26FNO3. The Morgan fingerprint density at radius 2 is 1.77 bits per heavy atom. The highest BCUT2D eigenvalue weighted by Crippen LogP contribution is 2.35. The molecule has 2 unspecified atom stereocenters. The Morgan fingerprint density at radius 1 is 1.00 bits per heavy atom. The molecule has 4 nitrogen and oxygen atoms in total. The summed E-state index contributed by atoms with van der Waals surface area (Å²) in [5.41, 5.74) is 2.88. The van der Waals surface area contributed by atoms with Crippen molar-refractivity contribution in [1.29, 1.82) is 0 Å². The minimum Gasteiger partial charge on any atom is -0.489 e. The Kier molecular flexibility index (Phi) is 6.63. The molecule has 0 aromatic heterocycles. The van der Waals surface area contributed by atoms with Crippen molar-refractivity contribution >= 4 is 5.97 Å². The minimum absolute atomic E-state index is 0.290. The molecular weight excluding hydrogens is 393 g/mol. The normalized spacial score (nSPS) is 17.8. The Balaban J connectivity index is 1.66. The van der Waals surface area contributed by atoms with E-state index in [1.807, 2.05) is 59.5 Å². The van der Waals surface area contributed by atoms with Gasteiger partial charge in [-0.25, -0.2) is 4.39 Å². The molecule has 1 heterocycles. The fourth-order valence-corrected chi connectivity index (χ4v) is 4.26. The standard InChI is InChI=1S/C26H26FNO3/c27-22-14-12-20(13-15-22)25(28-16-5-4-11-24(28)26(29)30)21-9-6-10-23(17-21)31-18-19-7-2-1-3-8-19/h1-3,6-10,12-15,17,24-25H,4-5,11,16,18H2,(H,29,30). The van der Waals surface area contributed by atoms with E-state index in [1.54, 1.807) is 12.1 Å². The summed E-state index contributed by atoms with van der Waals surface area (Å²) in [7, 11) is 0. The second kappa shape index (κ2) is 9.75. The second-order valence-corrected chi connectivity index (χ2v) is 7.89. The van der Waals surface area contributed by atoms with Gasteiger partial charge in [-0.1, -0.05) is 61.0 Å². The average Bonchev–Trinajstić information content (AvgIpc) is 2.80. The summed E-state index contributed by atoms with van der Waals surface area (Å²) >= 11 is 0. The molecule has 0 bridgehead atoms. The molecule has 1 N–H and O–H groups in total. The molecule has 0 aliphatic carbocycles. The van der Waals surface area contributed by atoms with E-state index in [0.29, 0.717) is 19.6 Å². The summed E-state index contributed by atoms with van der Waals surface area (Å²) in [4.78, 5) is 14.0. The molecule has 0 saturated carbocycles. The zero-order valence-corrected chi connectivity index (χ0v) is 17.3. The van der Waals surface area contributed by atoms with Crippen molar-refractivity contribution in [3.8, 4) is 5.75 Å². The van der Waals surface area contributed by atoms with E-state index < -0.39 is 12.0 Å². The van der Waals surface area contributed by atoms with Gasteiger partial charge in [-0.3, -0.25) is 9.69 Å². The highest BCUT2D eigenvalue weighted by molar-refractivity contribution is 5.73. The average molecular weight is 419 g/mol. The first-order chi connectivity index (χ1) is 15.1. The summed E-state index contributed by atoms with van der Waals surface area (Å²) in [5, 5.41) is 9.83. The van der Waals surface area contributed by atoms with Crippen LogP contribution in [0.25, 0.3) is 0 Å². The fourth-order valence-electron chi connectivity index (χ4n) is 4.26. The van der Waals surface area contributed by atoms with Gasteiger partial charge in [0, 0.05) is 0 Å². The highest BCUT2D eigenvalue weighted by Gasteiger charge is 2.35. The van der Waals surface area contributed by atoms with Crippen LogP contribution in [0.15, 0.2) is 78.9 Å². The summed E-state index contributed by atoms with van der Waals surface area (Å²) in [6.07, 6.45) is 2.44. The number of likely N-dealkylation sites (tertiary alicyclic amines) is 1. The van der Waals surface area contributed by atoms with E-state index in [4.69, 9.17) is 4.74 Å². The van der Waals surface area contributed by atoms with Gasteiger partial charge < -0.3 is 9.84 Å². The number of hydrogen-bond donors (Lipinski definition) is 1. The molecule has 1 aliphatic heterocycles. The zero-order chi connectivity index (χ0) is 21.6. The number of nitrogens with zero attached hydrogens (tertiary/aromatic N) is 1. The van der Waals surface area contributed by atoms with Crippen molar-refractivity contribution < 1.29 is 19.0 Å². The van der Waals surface area contributed by atoms with Crippen LogP contribution in [0.1, 0.15) is 42.0 Å². The van der Waals surface area contributed by atoms with Crippen molar-refractivity contribution in [1.82, 2.24) is 4.90 Å². The lowest BCUT2D eigenvalue weighted by Crippen LogP contribution is -2.46. The van der Waals surface area contributed by atoms with E-state index in [1.165, 1.54) is 12.1 Å². The van der Waals surface area contributed by atoms with Crippen molar-refractivity contribution in [2.45, 2.75) is 38.0 Å². The summed E-state index contributed by atoms with van der Waals surface area (Å²) < 4.78 is 19.6. The van der Waals surface area contributed by atoms with Gasteiger partial charge in [-0.15, -0.1) is 0 Å². The van der Waals surface area contributed by atoms with Crippen LogP contribution in [0, 0.1) is 5.82 Å². The van der Waals surface area contributed by atoms with Gasteiger partial charge in [0.2, 0.25) is 0 Å². The van der Waals surface area contributed by atoms with Crippen LogP contribution in [0.2, 0.25) is 0 Å². The van der Waals surface area contributed by atoms with E-state index >= 15 is 0 Å². The van der Waals surface area contributed by atoms with Gasteiger partial charge in [-0.2, -0.15) is 0 Å². The molecule has 31 heavy (non-hydrogen) atoms. The van der Waals surface area contributed by atoms with Gasteiger partial charge in [0.05, 0.1) is 6.04 Å². The molecule has 1 saturated heterocycles. The van der Waals surface area contributed by atoms with Crippen LogP contribution in [0.3, 0.4) is 0 Å². The fraction of sp³-hybridized carbons (Fsp3) is 0.269. The third-order valence-electron chi connectivity index (χ3n) is 5.77. The number of rotatable bonds is 7. The zero-order valence-electron chi connectivity index (χ0n) is 17.3. The predicted molar refractivity (Wildman–Crippen MR) is 117 cm³/mol. The maximum absolute atomic E-state index is 13.6. The maximum Gasteiger partial charge on any atom is 0.320 e. The number of ether oxygens (including phenoxy) is 1. The van der Waals surface area contributed by atoms with Gasteiger partial charge >= 0.3 is 5.97 Å². The molecule has 0 radical (unpaired) electrons. The van der Waals surface area contributed by atoms with E-state index in [0.717, 1.165) is 35.3 Å². The number of halogens is 1. The number of hydrogen-bond acceptors (Lipinski definition) is 3. The second-order valence-electron chi connectivity index (χ2n) is 7.89. The Labute approximate surface area is 181 Å². The number of carboxylic acids is 1. The maximum atomic E-state index is 13.6. The van der Waals surface area contributed by atoms with Gasteiger partial charge in [-0.05, 0) is 60.3 Å². The lowest BCUT2D eigenvalue weighted by molar-refractivity contribution is -0.145. The Morgan fingerprint density at radius 3 is 2.52 bits per heavy atom. The van der Waals surface area contributed by atoms with Crippen LogP contribution < -0.4 is 4.74 Å². The Hall–Kier alpha value is -3.18. The number of carbonyl (C=O) groups is 1. The molecule has 1 fully saturated rings. The van der Waals surface area contributed by atoms with Crippen molar-refractivity contribution in [3.63, 3.8) is 0 Å². The molecule has 3 aromatic rings. The lowest BCUT2D eigenvalue weighted by Gasteiger charge is -2.39. The van der Waals surface area contributed by atoms with Crippen LogP contribution >= 0.6 is 0 Å². The Bertz CT molecular complexity index is 1010. The highest BCUT2D eigenvalue weighted by atomic mass is 19.1. The molecule has 4 rings (SSSR count). The lowest BCUT2D eigenvalue weighted by atomic mass is 9.91. The summed E-state index contributed by atoms with van der Waals surface area (Å²) in [6, 6.07) is 23.2. The molecule has 0 amide bonds. The first-order valence-corrected chi connectivity index (χ1v) is 10.6. The topological polar surface area (TPSA) is 49.8 Å². The van der Waals surface area contributed by atoms with E-state index in [9.17, 15) is 14.3 Å². The quantitative estimate of drug-likeness (QED) is 0.555. The van der Waals surface area contributed by atoms with Crippen LogP contribution in [-0.2, 0) is 11.4 Å². The number of piperidine rings is 1. The van der Waals surface area contributed by atoms with E-state index in [-0.39, 0.29) is 11.9 Å². The number of aliphatic carboxylic acids is 1. The van der Waals surface area contributed by atoms with Crippen LogP contribution in [0.4, 0.5) is 4.39 Å². The third-order valence-corrected chi connectivity index (χ3v) is 5.77. The molecule has 2 atom stereocenters. The minimum atomic E-state index is -0.816. The first kappa shape index (κ1) is 21.1. The number of carboxylic acid groups (broad SMARTS) is 1. The van der Waals surface area contributed by atoms with Gasteiger partial charge in [0.15, 0.2) is 0 Å². The van der Waals surface area contributed by atoms with E-state index in [2.05, 4.69) is 0 Å². The van der Waals surface area contributed by atoms with Crippen molar-refractivity contribution in [3.05, 3.63) is 101 Å². The predicted octanol–water partition coefficient (Wildman–Crippen LogP) is 5.43. The SMILES string of the molecule is O=C(O)C1CCCCN1C(c1ccc(F)cc1)c1cccc(OCc2ccccc2)c1. The van der Waals surface area contributed by atoms with Crippen molar-refractivity contribution in [2.75, 3.05) is 6.54 Å². The molecule has 0 spiro atoms. The molecule has 5 heteroatoms. The first-order valence-electron chi connectivity index (χ1n) is 10.6. The molecule has 160 valence electrons. The third kappa shape index (κ3) is 5.12. The smallest absolute Gasteiger partial charge is 0.320 e. The summed E-state index contributed by atoms with van der Waals surface area (Å²) in [6.45, 7) is 1.13. The van der Waals surface area contributed by atoms with Crippen molar-refractivity contribution in [2.24, 2.45) is 0 Å². The summed E-state index contributed by atoms with van der Waals surface area (Å²) in [5.74, 6) is -0.406. The molecule has 1 aliphatic rings.